The van der Waals surface area contributed by atoms with Crippen LogP contribution in [-0.4, -0.2) is 69.4 Å². The number of aliphatic hydroxyl groups is 4. The summed E-state index contributed by atoms with van der Waals surface area (Å²) in [5.41, 5.74) is -0.239. The zero-order chi connectivity index (χ0) is 20.9. The average Bonchev–Trinajstić information content (AvgIpc) is 3.14. The van der Waals surface area contributed by atoms with Crippen LogP contribution in [0.2, 0.25) is 0 Å². The highest BCUT2D eigenvalue weighted by Crippen LogP contribution is 2.39. The lowest BCUT2D eigenvalue weighted by molar-refractivity contribution is -0.329. The van der Waals surface area contributed by atoms with Crippen LogP contribution in [-0.2, 0) is 15.9 Å². The molecule has 1 fully saturated rings. The van der Waals surface area contributed by atoms with Crippen molar-refractivity contribution in [3.05, 3.63) is 40.2 Å². The smallest absolute Gasteiger partial charge is 0.336 e. The Morgan fingerprint density at radius 2 is 1.83 bits per heavy atom. The van der Waals surface area contributed by atoms with Gasteiger partial charge in [-0.05, 0) is 32.0 Å². The molecule has 0 spiro atoms. The Hall–Kier alpha value is -2.01. The third-order valence-electron chi connectivity index (χ3n) is 5.55. The number of aliphatic hydroxyl groups excluding tert-OH is 4. The molecule has 2 aliphatic heterocycles. The molecule has 158 valence electrons. The van der Waals surface area contributed by atoms with Crippen LogP contribution in [0.5, 0.6) is 5.75 Å². The maximum absolute atomic E-state index is 11.6. The van der Waals surface area contributed by atoms with Crippen molar-refractivity contribution in [1.82, 2.24) is 0 Å². The highest BCUT2D eigenvalue weighted by atomic mass is 16.7. The van der Waals surface area contributed by atoms with Crippen molar-refractivity contribution in [2.24, 2.45) is 0 Å². The molecule has 0 bridgehead atoms. The lowest BCUT2D eigenvalue weighted by Gasteiger charge is -2.43. The first-order chi connectivity index (χ1) is 13.7. The second kappa shape index (κ2) is 7.35. The highest BCUT2D eigenvalue weighted by Gasteiger charge is 2.48. The van der Waals surface area contributed by atoms with Gasteiger partial charge >= 0.3 is 5.63 Å². The van der Waals surface area contributed by atoms with Crippen LogP contribution in [0.3, 0.4) is 0 Å². The van der Waals surface area contributed by atoms with E-state index in [1.165, 1.54) is 6.07 Å². The summed E-state index contributed by atoms with van der Waals surface area (Å²) in [6.45, 7) is 2.94. The van der Waals surface area contributed by atoms with Gasteiger partial charge in [0.25, 0.3) is 0 Å². The van der Waals surface area contributed by atoms with Gasteiger partial charge in [0.15, 0.2) is 6.29 Å². The molecule has 3 heterocycles. The lowest BCUT2D eigenvalue weighted by atomic mass is 9.95. The number of fused-ring (bicyclic) bond motifs is 3. The third kappa shape index (κ3) is 3.54. The summed E-state index contributed by atoms with van der Waals surface area (Å²) in [6, 6.07) is 6.63. The van der Waals surface area contributed by atoms with Gasteiger partial charge in [0.05, 0.1) is 6.61 Å². The highest BCUT2D eigenvalue weighted by molar-refractivity contribution is 5.82. The van der Waals surface area contributed by atoms with E-state index in [0.717, 1.165) is 10.9 Å². The molecule has 1 aromatic heterocycles. The molecule has 1 unspecified atom stereocenters. The predicted octanol–water partition coefficient (Wildman–Crippen LogP) is -0.308. The van der Waals surface area contributed by atoms with E-state index in [9.17, 15) is 25.2 Å². The van der Waals surface area contributed by atoms with Crippen LogP contribution in [0.4, 0.5) is 0 Å². The molecule has 0 radical (unpaired) electrons. The van der Waals surface area contributed by atoms with E-state index in [0.29, 0.717) is 17.8 Å². The average molecular weight is 408 g/mol. The van der Waals surface area contributed by atoms with Crippen LogP contribution in [0.15, 0.2) is 33.5 Å². The normalized spacial score (nSPS) is 32.2. The summed E-state index contributed by atoms with van der Waals surface area (Å²) < 4.78 is 22.7. The first kappa shape index (κ1) is 20.3. The van der Waals surface area contributed by atoms with Gasteiger partial charge in [0.1, 0.15) is 47.5 Å². The molecule has 0 aliphatic carbocycles. The predicted molar refractivity (Wildman–Crippen MR) is 99.5 cm³/mol. The Bertz CT molecular complexity index is 951. The number of hydrogen-bond donors (Lipinski definition) is 4. The van der Waals surface area contributed by atoms with Crippen molar-refractivity contribution in [2.75, 3.05) is 6.61 Å². The van der Waals surface area contributed by atoms with E-state index in [1.54, 1.807) is 32.0 Å². The molecule has 9 nitrogen and oxygen atoms in total. The Morgan fingerprint density at radius 1 is 1.10 bits per heavy atom. The van der Waals surface area contributed by atoms with Crippen LogP contribution in [0.1, 0.15) is 19.4 Å². The van der Waals surface area contributed by atoms with Crippen molar-refractivity contribution in [3.8, 4) is 5.75 Å². The fourth-order valence-corrected chi connectivity index (χ4v) is 3.78. The van der Waals surface area contributed by atoms with Crippen molar-refractivity contribution in [1.29, 1.82) is 0 Å². The summed E-state index contributed by atoms with van der Waals surface area (Å²) in [4.78, 5) is 11.6. The van der Waals surface area contributed by atoms with Crippen LogP contribution in [0, 0.1) is 0 Å². The Labute approximate surface area is 166 Å². The van der Waals surface area contributed by atoms with Crippen molar-refractivity contribution in [3.63, 3.8) is 0 Å². The van der Waals surface area contributed by atoms with Gasteiger partial charge < -0.3 is 39.1 Å². The van der Waals surface area contributed by atoms with Gasteiger partial charge in [-0.1, -0.05) is 0 Å². The van der Waals surface area contributed by atoms with Gasteiger partial charge in [0.2, 0.25) is 0 Å². The van der Waals surface area contributed by atoms with E-state index in [1.807, 2.05) is 0 Å². The van der Waals surface area contributed by atoms with E-state index in [-0.39, 0.29) is 0 Å². The molecule has 1 aromatic carbocycles. The van der Waals surface area contributed by atoms with Crippen LogP contribution in [0.25, 0.3) is 11.0 Å². The van der Waals surface area contributed by atoms with E-state index >= 15 is 0 Å². The molecule has 6 atom stereocenters. The zero-order valence-corrected chi connectivity index (χ0v) is 16.0. The maximum Gasteiger partial charge on any atom is 0.336 e. The second-order valence-electron chi connectivity index (χ2n) is 7.94. The molecule has 2 aliphatic rings. The zero-order valence-electron chi connectivity index (χ0n) is 16.0. The molecular weight excluding hydrogens is 384 g/mol. The van der Waals surface area contributed by atoms with E-state index in [2.05, 4.69) is 0 Å². The minimum atomic E-state index is -1.53. The molecule has 4 N–H and O–H groups in total. The summed E-state index contributed by atoms with van der Waals surface area (Å²) in [5.74, 6) is 0.572. The van der Waals surface area contributed by atoms with E-state index < -0.39 is 54.6 Å². The van der Waals surface area contributed by atoms with Crippen molar-refractivity contribution < 1.29 is 39.1 Å². The van der Waals surface area contributed by atoms with Gasteiger partial charge in [-0.25, -0.2) is 4.79 Å². The Kier molecular flexibility index (Phi) is 5.14. The largest absolute Gasteiger partial charge is 0.487 e. The molecule has 2 aromatic rings. The molecule has 0 amide bonds. The summed E-state index contributed by atoms with van der Waals surface area (Å²) in [7, 11) is 0. The van der Waals surface area contributed by atoms with Gasteiger partial charge in [0, 0.05) is 23.4 Å². The first-order valence-electron chi connectivity index (χ1n) is 9.42. The molecule has 29 heavy (non-hydrogen) atoms. The minimum absolute atomic E-state index is 0.393. The van der Waals surface area contributed by atoms with Crippen LogP contribution >= 0.6 is 0 Å². The summed E-state index contributed by atoms with van der Waals surface area (Å²) >= 11 is 0. The standard InChI is InChI=1S/C20H24O9/c1-20(2,29-19-17(25)16(24)15(23)12(8-21)27-19)13-7-10-11(26-13)5-3-9-4-6-14(22)28-18(9)10/h3-6,12-13,15-17,19,21,23-25H,7-8H2,1-2H3/t12-,13?,15-,16+,17-,19-/m0/s1. The minimum Gasteiger partial charge on any atom is -0.487 e. The SMILES string of the molecule is CC(C)(O[C@@H]1O[C@@H](CO)[C@H](O)[C@@H](O)[C@@H]1O)C1Cc2c(ccc3ccc(=O)oc23)O1. The van der Waals surface area contributed by atoms with Crippen molar-refractivity contribution in [2.45, 2.75) is 62.7 Å². The maximum atomic E-state index is 11.6. The summed E-state index contributed by atoms with van der Waals surface area (Å²) in [5, 5.41) is 40.2. The van der Waals surface area contributed by atoms with E-state index in [4.69, 9.17) is 18.6 Å². The molecule has 0 saturated carbocycles. The Balaban J connectivity index is 1.55. The number of ether oxygens (including phenoxy) is 3. The number of hydrogen-bond acceptors (Lipinski definition) is 9. The number of benzene rings is 1. The quantitative estimate of drug-likeness (QED) is 0.502. The third-order valence-corrected chi connectivity index (χ3v) is 5.55. The van der Waals surface area contributed by atoms with Gasteiger partial charge in [-0.15, -0.1) is 0 Å². The van der Waals surface area contributed by atoms with Crippen LogP contribution < -0.4 is 10.4 Å². The van der Waals surface area contributed by atoms with Crippen molar-refractivity contribution >= 4 is 11.0 Å². The molecular formula is C20H24O9. The lowest BCUT2D eigenvalue weighted by Crippen LogP contribution is -2.61. The first-order valence-corrected chi connectivity index (χ1v) is 9.42. The topological polar surface area (TPSA) is 139 Å². The second-order valence-corrected chi connectivity index (χ2v) is 7.94. The molecule has 9 heteroatoms. The molecule has 1 saturated heterocycles. The summed E-state index contributed by atoms with van der Waals surface area (Å²) in [6.07, 6.45) is -6.93. The fraction of sp³-hybridized carbons (Fsp3) is 0.550. The van der Waals surface area contributed by atoms with Gasteiger partial charge in [-0.2, -0.15) is 0 Å². The number of rotatable bonds is 4. The monoisotopic (exact) mass is 408 g/mol. The fourth-order valence-electron chi connectivity index (χ4n) is 3.78. The Morgan fingerprint density at radius 3 is 2.55 bits per heavy atom. The van der Waals surface area contributed by atoms with Gasteiger partial charge in [-0.3, -0.25) is 0 Å². The molecule has 4 rings (SSSR count).